The van der Waals surface area contributed by atoms with Gasteiger partial charge < -0.3 is 10.3 Å². The third-order valence-electron chi connectivity index (χ3n) is 4.25. The van der Waals surface area contributed by atoms with Crippen molar-refractivity contribution in [3.8, 4) is 11.1 Å². The molecule has 2 aromatic rings. The lowest BCUT2D eigenvalue weighted by atomic mass is 9.85. The Kier molecular flexibility index (Phi) is 4.00. The predicted molar refractivity (Wildman–Crippen MR) is 79.0 cm³/mol. The van der Waals surface area contributed by atoms with Crippen LogP contribution in [0, 0.1) is 5.92 Å². The van der Waals surface area contributed by atoms with Gasteiger partial charge in [-0.25, -0.2) is 0 Å². The van der Waals surface area contributed by atoms with Gasteiger partial charge in [-0.1, -0.05) is 43.3 Å². The van der Waals surface area contributed by atoms with Crippen molar-refractivity contribution in [2.45, 2.75) is 44.9 Å². The van der Waals surface area contributed by atoms with Crippen molar-refractivity contribution >= 4 is 5.88 Å². The van der Waals surface area contributed by atoms with Gasteiger partial charge >= 0.3 is 0 Å². The first-order chi connectivity index (χ1) is 9.84. The summed E-state index contributed by atoms with van der Waals surface area (Å²) in [6.45, 7) is 0. The fourth-order valence-corrected chi connectivity index (χ4v) is 3.14. The molecular formula is C16H21N3O. The van der Waals surface area contributed by atoms with Crippen LogP contribution in [0.2, 0.25) is 0 Å². The first-order valence-corrected chi connectivity index (χ1v) is 7.49. The van der Waals surface area contributed by atoms with Crippen LogP contribution in [0.25, 0.3) is 11.1 Å². The molecule has 0 amide bonds. The molecule has 20 heavy (non-hydrogen) atoms. The number of anilines is 1. The van der Waals surface area contributed by atoms with Crippen LogP contribution in [-0.2, 0) is 6.42 Å². The highest BCUT2D eigenvalue weighted by Gasteiger charge is 2.19. The highest BCUT2D eigenvalue weighted by atomic mass is 16.5. The van der Waals surface area contributed by atoms with Crippen LogP contribution in [0.15, 0.2) is 29.0 Å². The van der Waals surface area contributed by atoms with Crippen LogP contribution in [0.1, 0.15) is 44.2 Å². The van der Waals surface area contributed by atoms with Crippen molar-refractivity contribution in [2.75, 3.05) is 5.73 Å². The minimum Gasteiger partial charge on any atom is -0.367 e. The molecule has 3 rings (SSSR count). The fraction of sp³-hybridized carbons (Fsp3) is 0.500. The van der Waals surface area contributed by atoms with Crippen LogP contribution in [0.4, 0.5) is 5.88 Å². The number of rotatable bonds is 4. The molecule has 1 aliphatic carbocycles. The Morgan fingerprint density at radius 1 is 1.25 bits per heavy atom. The van der Waals surface area contributed by atoms with E-state index in [1.54, 1.807) is 6.20 Å². The molecule has 0 spiro atoms. The smallest absolute Gasteiger partial charge is 0.230 e. The number of hydrogen-bond donors (Lipinski definition) is 1. The number of nitrogens with zero attached hydrogens (tertiary/aromatic N) is 2. The third kappa shape index (κ3) is 2.84. The molecule has 4 heteroatoms. The van der Waals surface area contributed by atoms with Crippen LogP contribution >= 0.6 is 0 Å². The van der Waals surface area contributed by atoms with Crippen LogP contribution in [0.3, 0.4) is 0 Å². The van der Waals surface area contributed by atoms with E-state index in [1.165, 1.54) is 38.5 Å². The van der Waals surface area contributed by atoms with E-state index in [2.05, 4.69) is 10.1 Å². The van der Waals surface area contributed by atoms with Gasteiger partial charge in [0.05, 0.1) is 11.3 Å². The molecule has 1 saturated carbocycles. The quantitative estimate of drug-likeness (QED) is 0.917. The highest BCUT2D eigenvalue weighted by Crippen LogP contribution is 2.32. The second-order valence-corrected chi connectivity index (χ2v) is 5.65. The summed E-state index contributed by atoms with van der Waals surface area (Å²) >= 11 is 0. The summed E-state index contributed by atoms with van der Waals surface area (Å²) in [5.41, 5.74) is 8.81. The molecule has 106 valence electrons. The second-order valence-electron chi connectivity index (χ2n) is 5.65. The van der Waals surface area contributed by atoms with E-state index in [4.69, 9.17) is 10.3 Å². The lowest BCUT2D eigenvalue weighted by Crippen LogP contribution is -2.07. The van der Waals surface area contributed by atoms with Crippen molar-refractivity contribution < 1.29 is 4.52 Å². The molecule has 1 fully saturated rings. The zero-order chi connectivity index (χ0) is 13.8. The first kappa shape index (κ1) is 13.2. The van der Waals surface area contributed by atoms with Gasteiger partial charge in [-0.05, 0) is 24.8 Å². The third-order valence-corrected chi connectivity index (χ3v) is 4.25. The number of aromatic nitrogens is 2. The van der Waals surface area contributed by atoms with Crippen molar-refractivity contribution in [1.82, 2.24) is 10.1 Å². The van der Waals surface area contributed by atoms with Crippen LogP contribution < -0.4 is 5.73 Å². The topological polar surface area (TPSA) is 64.9 Å². The Morgan fingerprint density at radius 3 is 2.85 bits per heavy atom. The fourth-order valence-electron chi connectivity index (χ4n) is 3.14. The molecular weight excluding hydrogens is 250 g/mol. The van der Waals surface area contributed by atoms with E-state index >= 15 is 0 Å². The van der Waals surface area contributed by atoms with Gasteiger partial charge in [0.2, 0.25) is 5.88 Å². The largest absolute Gasteiger partial charge is 0.367 e. The Morgan fingerprint density at radius 2 is 2.10 bits per heavy atom. The maximum atomic E-state index is 5.93. The molecule has 0 radical (unpaired) electrons. The van der Waals surface area contributed by atoms with E-state index in [1.807, 2.05) is 18.3 Å². The molecule has 0 bridgehead atoms. The summed E-state index contributed by atoms with van der Waals surface area (Å²) in [4.78, 5) is 4.15. The Hall–Kier alpha value is -1.84. The van der Waals surface area contributed by atoms with Crippen molar-refractivity contribution in [1.29, 1.82) is 0 Å². The average Bonchev–Trinajstić information content (AvgIpc) is 2.88. The maximum absolute atomic E-state index is 5.93. The minimum atomic E-state index is 0.400. The molecule has 0 saturated heterocycles. The van der Waals surface area contributed by atoms with Gasteiger partial charge in [-0.15, -0.1) is 0 Å². The molecule has 2 heterocycles. The van der Waals surface area contributed by atoms with Gasteiger partial charge in [-0.2, -0.15) is 0 Å². The lowest BCUT2D eigenvalue weighted by molar-refractivity contribution is 0.335. The Balaban J connectivity index is 1.74. The van der Waals surface area contributed by atoms with Crippen molar-refractivity contribution in [3.63, 3.8) is 0 Å². The molecule has 2 N–H and O–H groups in total. The van der Waals surface area contributed by atoms with Crippen LogP contribution in [-0.4, -0.2) is 10.1 Å². The van der Waals surface area contributed by atoms with E-state index in [0.717, 1.165) is 29.2 Å². The Labute approximate surface area is 119 Å². The van der Waals surface area contributed by atoms with Crippen LogP contribution in [0.5, 0.6) is 0 Å². The van der Waals surface area contributed by atoms with Crippen molar-refractivity contribution in [2.24, 2.45) is 5.92 Å². The number of aryl methyl sites for hydroxylation is 1. The van der Waals surface area contributed by atoms with E-state index < -0.39 is 0 Å². The SMILES string of the molecule is Nc1onc(CCC2CCCCC2)c1-c1cccnc1. The summed E-state index contributed by atoms with van der Waals surface area (Å²) < 4.78 is 5.19. The zero-order valence-electron chi connectivity index (χ0n) is 11.7. The van der Waals surface area contributed by atoms with Gasteiger partial charge in [0.1, 0.15) is 0 Å². The molecule has 0 unspecified atom stereocenters. The van der Waals surface area contributed by atoms with Gasteiger partial charge in [0.25, 0.3) is 0 Å². The van der Waals surface area contributed by atoms with E-state index in [9.17, 15) is 0 Å². The normalized spacial score (nSPS) is 16.4. The monoisotopic (exact) mass is 271 g/mol. The first-order valence-electron chi connectivity index (χ1n) is 7.49. The summed E-state index contributed by atoms with van der Waals surface area (Å²) in [5, 5.41) is 4.15. The summed E-state index contributed by atoms with van der Waals surface area (Å²) in [6.07, 6.45) is 12.6. The standard InChI is InChI=1S/C16H21N3O/c17-16-15(13-7-4-10-18-11-13)14(19-20-16)9-8-12-5-2-1-3-6-12/h4,7,10-12H,1-3,5-6,8-9,17H2. The molecule has 4 nitrogen and oxygen atoms in total. The number of nitrogen functional groups attached to an aromatic ring is 1. The second kappa shape index (κ2) is 6.07. The molecule has 0 aromatic carbocycles. The Bertz CT molecular complexity index is 544. The highest BCUT2D eigenvalue weighted by molar-refractivity contribution is 5.74. The zero-order valence-corrected chi connectivity index (χ0v) is 11.7. The number of hydrogen-bond acceptors (Lipinski definition) is 4. The van der Waals surface area contributed by atoms with E-state index in [0.29, 0.717) is 5.88 Å². The van der Waals surface area contributed by atoms with Crippen molar-refractivity contribution in [3.05, 3.63) is 30.2 Å². The van der Waals surface area contributed by atoms with Gasteiger partial charge in [0, 0.05) is 18.0 Å². The summed E-state index contributed by atoms with van der Waals surface area (Å²) in [5.74, 6) is 1.24. The molecule has 0 atom stereocenters. The minimum absolute atomic E-state index is 0.400. The summed E-state index contributed by atoms with van der Waals surface area (Å²) in [7, 11) is 0. The molecule has 1 aliphatic rings. The predicted octanol–water partition coefficient (Wildman–Crippen LogP) is 3.83. The molecule has 2 aromatic heterocycles. The number of pyridine rings is 1. The molecule has 0 aliphatic heterocycles. The van der Waals surface area contributed by atoms with Gasteiger partial charge in [0.15, 0.2) is 0 Å². The maximum Gasteiger partial charge on any atom is 0.230 e. The average molecular weight is 271 g/mol. The van der Waals surface area contributed by atoms with E-state index in [-0.39, 0.29) is 0 Å². The number of nitrogens with two attached hydrogens (primary N) is 1. The summed E-state index contributed by atoms with van der Waals surface area (Å²) in [6, 6.07) is 3.91. The van der Waals surface area contributed by atoms with Gasteiger partial charge in [-0.3, -0.25) is 4.98 Å². The lowest BCUT2D eigenvalue weighted by Gasteiger charge is -2.20.